The molecule has 0 saturated heterocycles. The maximum Gasteiger partial charge on any atom is -0.00978 e. The Balaban J connectivity index is 2.18. The first-order valence-electron chi connectivity index (χ1n) is 9.71. The van der Waals surface area contributed by atoms with Gasteiger partial charge in [-0.1, -0.05) is 104 Å². The van der Waals surface area contributed by atoms with Crippen LogP contribution in [0.4, 0.5) is 0 Å². The largest absolute Gasteiger partial charge is 0.0617 e. The lowest BCUT2D eigenvalue weighted by molar-refractivity contribution is 0.438. The van der Waals surface area contributed by atoms with Crippen LogP contribution in [0.2, 0.25) is 0 Å². The summed E-state index contributed by atoms with van der Waals surface area (Å²) >= 11 is 0. The number of rotatable bonds is 5. The van der Waals surface area contributed by atoms with E-state index in [0.29, 0.717) is 11.8 Å². The van der Waals surface area contributed by atoms with E-state index < -0.39 is 0 Å². The van der Waals surface area contributed by atoms with Crippen molar-refractivity contribution in [3.63, 3.8) is 0 Å². The molecule has 0 fully saturated rings. The Morgan fingerprint density at radius 3 is 1.76 bits per heavy atom. The second-order valence-electron chi connectivity index (χ2n) is 9.64. The molecule has 1 unspecified atom stereocenters. The molecule has 0 bridgehead atoms. The number of hydrogen-bond acceptors (Lipinski definition) is 0. The van der Waals surface area contributed by atoms with Crippen LogP contribution in [-0.4, -0.2) is 0 Å². The van der Waals surface area contributed by atoms with Gasteiger partial charge < -0.3 is 0 Å². The topological polar surface area (TPSA) is 0 Å². The zero-order valence-corrected chi connectivity index (χ0v) is 17.5. The molecule has 2 aromatic rings. The highest BCUT2D eigenvalue weighted by Gasteiger charge is 2.25. The Labute approximate surface area is 155 Å². The van der Waals surface area contributed by atoms with E-state index in [1.165, 1.54) is 22.3 Å². The summed E-state index contributed by atoms with van der Waals surface area (Å²) < 4.78 is 0. The van der Waals surface area contributed by atoms with Gasteiger partial charge in [-0.15, -0.1) is 0 Å². The Morgan fingerprint density at radius 2 is 1.24 bits per heavy atom. The summed E-state index contributed by atoms with van der Waals surface area (Å²) in [6.45, 7) is 18.5. The predicted octanol–water partition coefficient (Wildman–Crippen LogP) is 7.58. The standard InChI is InChI=1S/C25H36/c1-18(2)20-10-9-11-21(16-20)19(3)17-25(7,8)23-14-12-22(13-15-23)24(4,5)6/h9-16,18-19H,17H2,1-8H3. The summed E-state index contributed by atoms with van der Waals surface area (Å²) in [5, 5.41) is 0. The molecule has 0 saturated carbocycles. The fourth-order valence-corrected chi connectivity index (χ4v) is 3.65. The molecule has 0 amide bonds. The first-order valence-corrected chi connectivity index (χ1v) is 9.71. The summed E-state index contributed by atoms with van der Waals surface area (Å²) in [6.07, 6.45) is 1.16. The molecule has 0 aliphatic rings. The van der Waals surface area contributed by atoms with E-state index in [9.17, 15) is 0 Å². The molecule has 0 radical (unpaired) electrons. The molecule has 136 valence electrons. The Bertz CT molecular complexity index is 681. The predicted molar refractivity (Wildman–Crippen MR) is 112 cm³/mol. The van der Waals surface area contributed by atoms with E-state index in [0.717, 1.165) is 6.42 Å². The maximum absolute atomic E-state index is 2.40. The van der Waals surface area contributed by atoms with E-state index in [-0.39, 0.29) is 10.8 Å². The van der Waals surface area contributed by atoms with Crippen molar-refractivity contribution in [2.75, 3.05) is 0 Å². The molecule has 2 rings (SSSR count). The van der Waals surface area contributed by atoms with Gasteiger partial charge in [0.05, 0.1) is 0 Å². The van der Waals surface area contributed by atoms with Gasteiger partial charge >= 0.3 is 0 Å². The molecule has 0 N–H and O–H groups in total. The highest BCUT2D eigenvalue weighted by atomic mass is 14.3. The lowest BCUT2D eigenvalue weighted by Crippen LogP contribution is -2.20. The van der Waals surface area contributed by atoms with Crippen LogP contribution in [0.3, 0.4) is 0 Å². The fraction of sp³-hybridized carbons (Fsp3) is 0.520. The Hall–Kier alpha value is -1.56. The van der Waals surface area contributed by atoms with Crippen molar-refractivity contribution < 1.29 is 0 Å². The molecular formula is C25H36. The van der Waals surface area contributed by atoms with E-state index >= 15 is 0 Å². The van der Waals surface area contributed by atoms with E-state index in [4.69, 9.17) is 0 Å². The van der Waals surface area contributed by atoms with Crippen LogP contribution in [0.15, 0.2) is 48.5 Å². The lowest BCUT2D eigenvalue weighted by Gasteiger charge is -2.30. The van der Waals surface area contributed by atoms with Gasteiger partial charge in [0.25, 0.3) is 0 Å². The first-order chi connectivity index (χ1) is 11.5. The summed E-state index contributed by atoms with van der Waals surface area (Å²) in [4.78, 5) is 0. The number of hydrogen-bond donors (Lipinski definition) is 0. The molecule has 0 nitrogen and oxygen atoms in total. The van der Waals surface area contributed by atoms with Crippen LogP contribution >= 0.6 is 0 Å². The van der Waals surface area contributed by atoms with Gasteiger partial charge in [-0.2, -0.15) is 0 Å². The van der Waals surface area contributed by atoms with Crippen molar-refractivity contribution in [1.82, 2.24) is 0 Å². The smallest absolute Gasteiger partial charge is 0.00978 e. The molecule has 0 heterocycles. The molecule has 0 aliphatic heterocycles. The highest BCUT2D eigenvalue weighted by Crippen LogP contribution is 2.36. The van der Waals surface area contributed by atoms with Gasteiger partial charge in [-0.3, -0.25) is 0 Å². The average molecular weight is 337 g/mol. The van der Waals surface area contributed by atoms with Crippen molar-refractivity contribution in [2.45, 2.75) is 84.5 Å². The van der Waals surface area contributed by atoms with Crippen molar-refractivity contribution in [2.24, 2.45) is 0 Å². The monoisotopic (exact) mass is 336 g/mol. The average Bonchev–Trinajstić information content (AvgIpc) is 2.54. The fourth-order valence-electron chi connectivity index (χ4n) is 3.65. The highest BCUT2D eigenvalue weighted by molar-refractivity contribution is 5.33. The van der Waals surface area contributed by atoms with Gasteiger partial charge in [0, 0.05) is 0 Å². The molecule has 0 aliphatic carbocycles. The van der Waals surface area contributed by atoms with Gasteiger partial charge in [-0.05, 0) is 51.3 Å². The summed E-state index contributed by atoms with van der Waals surface area (Å²) in [5.41, 5.74) is 6.14. The SMILES string of the molecule is CC(C)c1cccc(C(C)CC(C)(C)c2ccc(C(C)(C)C)cc2)c1. The second-order valence-corrected chi connectivity index (χ2v) is 9.64. The van der Waals surface area contributed by atoms with Gasteiger partial charge in [0.15, 0.2) is 0 Å². The third-order valence-electron chi connectivity index (χ3n) is 5.50. The van der Waals surface area contributed by atoms with E-state index in [1.54, 1.807) is 0 Å². The van der Waals surface area contributed by atoms with Crippen molar-refractivity contribution in [3.8, 4) is 0 Å². The van der Waals surface area contributed by atoms with Gasteiger partial charge in [0.2, 0.25) is 0 Å². The Kier molecular flexibility index (Phi) is 5.82. The lowest BCUT2D eigenvalue weighted by atomic mass is 9.74. The summed E-state index contributed by atoms with van der Waals surface area (Å²) in [5.74, 6) is 1.14. The van der Waals surface area contributed by atoms with Crippen LogP contribution in [-0.2, 0) is 10.8 Å². The quantitative estimate of drug-likeness (QED) is 0.528. The summed E-state index contributed by atoms with van der Waals surface area (Å²) in [7, 11) is 0. The van der Waals surface area contributed by atoms with Crippen molar-refractivity contribution in [1.29, 1.82) is 0 Å². The molecule has 0 heteroatoms. The minimum absolute atomic E-state index is 0.170. The van der Waals surface area contributed by atoms with Crippen molar-refractivity contribution >= 4 is 0 Å². The molecule has 0 spiro atoms. The van der Waals surface area contributed by atoms with Crippen LogP contribution < -0.4 is 0 Å². The van der Waals surface area contributed by atoms with E-state index in [2.05, 4.69) is 104 Å². The molecule has 0 aromatic heterocycles. The molecular weight excluding hydrogens is 300 g/mol. The second kappa shape index (κ2) is 7.36. The number of benzene rings is 2. The van der Waals surface area contributed by atoms with Gasteiger partial charge in [-0.25, -0.2) is 0 Å². The van der Waals surface area contributed by atoms with Crippen molar-refractivity contribution in [3.05, 3.63) is 70.8 Å². The normalized spacial score (nSPS) is 14.0. The van der Waals surface area contributed by atoms with Crippen LogP contribution in [0.1, 0.15) is 95.9 Å². The zero-order valence-electron chi connectivity index (χ0n) is 17.5. The zero-order chi connectivity index (χ0) is 18.8. The van der Waals surface area contributed by atoms with E-state index in [1.807, 2.05) is 0 Å². The van der Waals surface area contributed by atoms with Crippen LogP contribution in [0.25, 0.3) is 0 Å². The molecule has 25 heavy (non-hydrogen) atoms. The summed E-state index contributed by atoms with van der Waals surface area (Å²) in [6, 6.07) is 18.4. The maximum atomic E-state index is 2.40. The third-order valence-corrected chi connectivity index (χ3v) is 5.50. The third kappa shape index (κ3) is 4.97. The minimum Gasteiger partial charge on any atom is -0.0617 e. The Morgan fingerprint density at radius 1 is 0.720 bits per heavy atom. The van der Waals surface area contributed by atoms with Gasteiger partial charge in [0.1, 0.15) is 0 Å². The molecule has 2 aromatic carbocycles. The van der Waals surface area contributed by atoms with Crippen LogP contribution in [0, 0.1) is 0 Å². The molecule has 1 atom stereocenters. The minimum atomic E-state index is 0.170. The van der Waals surface area contributed by atoms with Crippen LogP contribution in [0.5, 0.6) is 0 Å². The first kappa shape index (κ1) is 19.8.